The lowest BCUT2D eigenvalue weighted by molar-refractivity contribution is -0.404. The summed E-state index contributed by atoms with van der Waals surface area (Å²) in [6, 6.07) is 8.22. The Bertz CT molecular complexity index is 557. The van der Waals surface area contributed by atoms with Gasteiger partial charge in [-0.25, -0.2) is 0 Å². The molecule has 1 aliphatic rings. The van der Waals surface area contributed by atoms with E-state index in [0.29, 0.717) is 19.0 Å². The van der Waals surface area contributed by atoms with Crippen LogP contribution in [0.3, 0.4) is 0 Å². The van der Waals surface area contributed by atoms with Crippen LogP contribution < -0.4 is 15.4 Å². The summed E-state index contributed by atoms with van der Waals surface area (Å²) in [7, 11) is 1.64. The summed E-state index contributed by atoms with van der Waals surface area (Å²) in [6.45, 7) is 4.52. The molecule has 2 N–H and O–H groups in total. The monoisotopic (exact) mass is 334 g/mol. The van der Waals surface area contributed by atoms with Crippen molar-refractivity contribution in [3.05, 3.63) is 52.0 Å². The van der Waals surface area contributed by atoms with Crippen LogP contribution in [0.4, 0.5) is 0 Å². The molecule has 24 heavy (non-hydrogen) atoms. The molecule has 0 amide bonds. The maximum Gasteiger partial charge on any atom is 0.274 e. The van der Waals surface area contributed by atoms with Gasteiger partial charge in [0.25, 0.3) is 6.20 Å². The second-order valence-electron chi connectivity index (χ2n) is 5.84. The van der Waals surface area contributed by atoms with E-state index in [1.807, 2.05) is 12.1 Å². The number of likely N-dealkylation sites (tertiary alicyclic amines) is 1. The van der Waals surface area contributed by atoms with Gasteiger partial charge < -0.3 is 15.4 Å². The van der Waals surface area contributed by atoms with Crippen molar-refractivity contribution in [1.82, 2.24) is 15.5 Å². The van der Waals surface area contributed by atoms with Gasteiger partial charge in [0.05, 0.1) is 11.5 Å². The van der Waals surface area contributed by atoms with Crippen molar-refractivity contribution < 1.29 is 9.66 Å². The van der Waals surface area contributed by atoms with Gasteiger partial charge in [-0.05, 0) is 50.0 Å². The number of nitrogens with zero attached hydrogens (tertiary/aromatic N) is 2. The molecule has 1 saturated heterocycles. The van der Waals surface area contributed by atoms with Gasteiger partial charge in [-0.3, -0.25) is 15.0 Å². The van der Waals surface area contributed by atoms with Crippen LogP contribution in [-0.4, -0.2) is 43.1 Å². The van der Waals surface area contributed by atoms with Gasteiger partial charge in [-0.2, -0.15) is 0 Å². The molecule has 0 aromatic heterocycles. The lowest BCUT2D eigenvalue weighted by Crippen LogP contribution is -2.26. The molecule has 132 valence electrons. The summed E-state index contributed by atoms with van der Waals surface area (Å²) in [4.78, 5) is 12.4. The van der Waals surface area contributed by atoms with E-state index in [-0.39, 0.29) is 0 Å². The van der Waals surface area contributed by atoms with E-state index >= 15 is 0 Å². The molecule has 0 radical (unpaired) electrons. The highest BCUT2D eigenvalue weighted by molar-refractivity contribution is 5.28. The number of benzene rings is 1. The average Bonchev–Trinajstić information content (AvgIpc) is 3.06. The largest absolute Gasteiger partial charge is 0.494 e. The molecule has 7 heteroatoms. The van der Waals surface area contributed by atoms with Gasteiger partial charge in [0.1, 0.15) is 5.75 Å². The van der Waals surface area contributed by atoms with E-state index in [9.17, 15) is 10.1 Å². The van der Waals surface area contributed by atoms with Crippen LogP contribution in [0.15, 0.2) is 36.3 Å². The van der Waals surface area contributed by atoms with Crippen molar-refractivity contribution in [2.45, 2.75) is 25.8 Å². The molecule has 0 unspecified atom stereocenters. The van der Waals surface area contributed by atoms with E-state index in [0.717, 1.165) is 24.9 Å². The van der Waals surface area contributed by atoms with Gasteiger partial charge in [-0.15, -0.1) is 0 Å². The normalized spacial score (nSPS) is 15.3. The Morgan fingerprint density at radius 2 is 2.21 bits per heavy atom. The fraction of sp³-hybridized carbons (Fsp3) is 0.529. The lowest BCUT2D eigenvalue weighted by Gasteiger charge is -2.15. The molecule has 0 bridgehead atoms. The lowest BCUT2D eigenvalue weighted by atomic mass is 10.2. The maximum absolute atomic E-state index is 10.4. The quantitative estimate of drug-likeness (QED) is 0.387. The smallest absolute Gasteiger partial charge is 0.274 e. The van der Waals surface area contributed by atoms with E-state index in [2.05, 4.69) is 27.7 Å². The first-order chi connectivity index (χ1) is 11.7. The number of nitro groups is 1. The molecule has 7 nitrogen and oxygen atoms in total. The van der Waals surface area contributed by atoms with E-state index in [1.54, 1.807) is 7.05 Å². The molecule has 1 heterocycles. The Morgan fingerprint density at radius 1 is 1.42 bits per heavy atom. The van der Waals surface area contributed by atoms with Gasteiger partial charge in [0.2, 0.25) is 0 Å². The van der Waals surface area contributed by atoms with Gasteiger partial charge in [0.15, 0.2) is 5.82 Å². The van der Waals surface area contributed by atoms with Gasteiger partial charge in [0, 0.05) is 20.1 Å². The average molecular weight is 334 g/mol. The fourth-order valence-electron chi connectivity index (χ4n) is 2.72. The van der Waals surface area contributed by atoms with E-state index in [1.165, 1.54) is 31.5 Å². The zero-order chi connectivity index (χ0) is 17.2. The summed E-state index contributed by atoms with van der Waals surface area (Å²) in [6.07, 6.45) is 4.27. The van der Waals surface area contributed by atoms with Crippen molar-refractivity contribution in [2.75, 3.05) is 33.3 Å². The summed E-state index contributed by atoms with van der Waals surface area (Å²) in [5.74, 6) is 1.27. The Kier molecular flexibility index (Phi) is 7.35. The molecule has 0 atom stereocenters. The van der Waals surface area contributed by atoms with Crippen LogP contribution in [-0.2, 0) is 6.54 Å². The zero-order valence-electron chi connectivity index (χ0n) is 14.2. The predicted molar refractivity (Wildman–Crippen MR) is 93.2 cm³/mol. The molecule has 1 aliphatic heterocycles. The number of rotatable bonds is 10. The van der Waals surface area contributed by atoms with Crippen LogP contribution in [0.25, 0.3) is 0 Å². The van der Waals surface area contributed by atoms with Crippen LogP contribution >= 0.6 is 0 Å². The molecule has 0 saturated carbocycles. The Balaban J connectivity index is 1.69. The first-order valence-electron chi connectivity index (χ1n) is 8.38. The van der Waals surface area contributed by atoms with Crippen molar-refractivity contribution in [1.29, 1.82) is 0 Å². The van der Waals surface area contributed by atoms with Crippen LogP contribution in [0.5, 0.6) is 5.75 Å². The Hall–Kier alpha value is -2.28. The molecule has 1 aromatic carbocycles. The maximum atomic E-state index is 10.4. The predicted octanol–water partition coefficient (Wildman–Crippen LogP) is 1.94. The first kappa shape index (κ1) is 18.1. The highest BCUT2D eigenvalue weighted by atomic mass is 16.6. The molecule has 1 fully saturated rings. The second kappa shape index (κ2) is 9.77. The zero-order valence-corrected chi connectivity index (χ0v) is 14.2. The summed E-state index contributed by atoms with van der Waals surface area (Å²) in [5.41, 5.74) is 1.28. The molecule has 2 rings (SSSR count). The SMILES string of the molecule is CNC(=C[N+](=O)[O-])NCCCOc1cccc(CN2CCCC2)c1. The van der Waals surface area contributed by atoms with E-state index in [4.69, 9.17) is 4.74 Å². The highest BCUT2D eigenvalue weighted by Crippen LogP contribution is 2.17. The fourth-order valence-corrected chi connectivity index (χ4v) is 2.72. The topological polar surface area (TPSA) is 79.7 Å². The molecule has 0 aliphatic carbocycles. The molecule has 1 aromatic rings. The Labute approximate surface area is 142 Å². The summed E-state index contributed by atoms with van der Waals surface area (Å²) < 4.78 is 5.78. The third kappa shape index (κ3) is 6.45. The minimum absolute atomic E-state index is 0.396. The van der Waals surface area contributed by atoms with E-state index < -0.39 is 4.92 Å². The van der Waals surface area contributed by atoms with Crippen LogP contribution in [0.2, 0.25) is 0 Å². The van der Waals surface area contributed by atoms with Gasteiger partial charge >= 0.3 is 0 Å². The third-order valence-corrected chi connectivity index (χ3v) is 3.91. The molecule has 0 spiro atoms. The summed E-state index contributed by atoms with van der Waals surface area (Å²) in [5, 5.41) is 16.1. The number of nitrogens with one attached hydrogen (secondary N) is 2. The van der Waals surface area contributed by atoms with Crippen molar-refractivity contribution in [3.63, 3.8) is 0 Å². The van der Waals surface area contributed by atoms with Crippen LogP contribution in [0.1, 0.15) is 24.8 Å². The van der Waals surface area contributed by atoms with Crippen molar-refractivity contribution in [3.8, 4) is 5.75 Å². The summed E-state index contributed by atoms with van der Waals surface area (Å²) >= 11 is 0. The molecular formula is C17H26N4O3. The van der Waals surface area contributed by atoms with Gasteiger partial charge in [-0.1, -0.05) is 12.1 Å². The van der Waals surface area contributed by atoms with Crippen molar-refractivity contribution in [2.24, 2.45) is 0 Å². The van der Waals surface area contributed by atoms with Crippen molar-refractivity contribution >= 4 is 0 Å². The van der Waals surface area contributed by atoms with Crippen LogP contribution in [0, 0.1) is 10.1 Å². The molecular weight excluding hydrogens is 308 g/mol. The number of hydrogen-bond donors (Lipinski definition) is 2. The Morgan fingerprint density at radius 3 is 2.92 bits per heavy atom. The standard InChI is InChI=1S/C17H26N4O3/c1-18-17(14-21(22)23)19-8-5-11-24-16-7-4-6-15(12-16)13-20-9-2-3-10-20/h4,6-7,12,14,18-19H,2-3,5,8-11,13H2,1H3. The minimum Gasteiger partial charge on any atom is -0.494 e. The highest BCUT2D eigenvalue weighted by Gasteiger charge is 2.11. The second-order valence-corrected chi connectivity index (χ2v) is 5.84. The number of hydrogen-bond acceptors (Lipinski definition) is 6. The minimum atomic E-state index is -0.485. The number of ether oxygens (including phenoxy) is 1. The third-order valence-electron chi connectivity index (χ3n) is 3.91. The first-order valence-corrected chi connectivity index (χ1v) is 8.38.